The van der Waals surface area contributed by atoms with E-state index in [2.05, 4.69) is 123 Å². The Morgan fingerprint density at radius 2 is 1.26 bits per heavy atom. The first-order valence-electron chi connectivity index (χ1n) is 13.3. The number of pyridine rings is 2. The lowest BCUT2D eigenvalue weighted by atomic mass is 10.0. The number of hydrogen-bond acceptors (Lipinski definition) is 3. The fourth-order valence-corrected chi connectivity index (χ4v) is 7.50. The zero-order valence-corrected chi connectivity index (χ0v) is 24.1. The summed E-state index contributed by atoms with van der Waals surface area (Å²) in [5, 5.41) is 5.22. The first-order chi connectivity index (χ1) is 18.9. The van der Waals surface area contributed by atoms with Gasteiger partial charge in [0.1, 0.15) is 0 Å². The maximum Gasteiger partial charge on any atom is 0.0775 e. The molecule has 0 fully saturated rings. The number of thiophene rings is 1. The van der Waals surface area contributed by atoms with Crippen LogP contribution in [-0.2, 0) is 0 Å². The molecule has 4 heteroatoms. The van der Waals surface area contributed by atoms with Gasteiger partial charge in [-0.3, -0.25) is 9.97 Å². The number of hydrogen-bond donors (Lipinski definition) is 0. The van der Waals surface area contributed by atoms with Crippen LogP contribution in [0.15, 0.2) is 116 Å². The van der Waals surface area contributed by atoms with Gasteiger partial charge in [0.15, 0.2) is 0 Å². The van der Waals surface area contributed by atoms with Gasteiger partial charge in [0, 0.05) is 54.6 Å². The van der Waals surface area contributed by atoms with E-state index in [1.165, 1.54) is 36.5 Å². The molecule has 0 radical (unpaired) electrons. The van der Waals surface area contributed by atoms with Crippen LogP contribution in [0.4, 0.5) is 0 Å². The molecule has 0 atom stereocenters. The van der Waals surface area contributed by atoms with E-state index >= 15 is 0 Å². The average Bonchev–Trinajstić information content (AvgIpc) is 3.34. The normalized spacial score (nSPS) is 12.0. The molecule has 7 aromatic rings. The van der Waals surface area contributed by atoms with Crippen molar-refractivity contribution >= 4 is 55.7 Å². The summed E-state index contributed by atoms with van der Waals surface area (Å²) in [6, 6.07) is 37.4. The predicted octanol–water partition coefficient (Wildman–Crippen LogP) is 9.54. The van der Waals surface area contributed by atoms with Crippen molar-refractivity contribution in [2.24, 2.45) is 0 Å². The molecule has 0 saturated heterocycles. The maximum absolute atomic E-state index is 4.83. The highest BCUT2D eigenvalue weighted by Gasteiger charge is 2.16. The van der Waals surface area contributed by atoms with E-state index in [1.54, 1.807) is 0 Å². The minimum absolute atomic E-state index is 0.981. The van der Waals surface area contributed by atoms with Crippen molar-refractivity contribution in [2.45, 2.75) is 19.6 Å². The van der Waals surface area contributed by atoms with Gasteiger partial charge in [-0.25, -0.2) is 0 Å². The highest BCUT2D eigenvalue weighted by molar-refractivity contribution is 7.25. The van der Waals surface area contributed by atoms with Crippen LogP contribution in [0.5, 0.6) is 0 Å². The Morgan fingerprint density at radius 3 is 2.05 bits per heavy atom. The fraction of sp³-hybridized carbons (Fsp3) is 0.0857. The highest BCUT2D eigenvalue weighted by atomic mass is 32.1. The van der Waals surface area contributed by atoms with Crippen LogP contribution in [0, 0.1) is 0 Å². The van der Waals surface area contributed by atoms with E-state index in [9.17, 15) is 0 Å². The quantitative estimate of drug-likeness (QED) is 0.209. The Hall–Kier alpha value is -4.12. The molecule has 188 valence electrons. The third kappa shape index (κ3) is 4.46. The molecule has 0 N–H and O–H groups in total. The topological polar surface area (TPSA) is 25.8 Å². The van der Waals surface area contributed by atoms with Crippen molar-refractivity contribution in [3.05, 3.63) is 116 Å². The van der Waals surface area contributed by atoms with Crippen LogP contribution in [0.2, 0.25) is 19.6 Å². The number of rotatable bonds is 4. The minimum atomic E-state index is -1.30. The van der Waals surface area contributed by atoms with Gasteiger partial charge in [-0.15, -0.1) is 11.3 Å². The fourth-order valence-electron chi connectivity index (χ4n) is 5.24. The second-order valence-electron chi connectivity index (χ2n) is 11.2. The van der Waals surface area contributed by atoms with Gasteiger partial charge in [-0.2, -0.15) is 0 Å². The minimum Gasteiger partial charge on any atom is -0.256 e. The highest BCUT2D eigenvalue weighted by Crippen LogP contribution is 2.36. The molecule has 0 aliphatic carbocycles. The zero-order valence-electron chi connectivity index (χ0n) is 22.3. The van der Waals surface area contributed by atoms with Crippen molar-refractivity contribution < 1.29 is 0 Å². The molecular weight excluding hydrogens is 509 g/mol. The lowest BCUT2D eigenvalue weighted by Crippen LogP contribution is -2.37. The number of aromatic nitrogens is 2. The molecule has 0 amide bonds. The summed E-state index contributed by atoms with van der Waals surface area (Å²) in [7, 11) is -1.30. The smallest absolute Gasteiger partial charge is 0.0775 e. The molecular formula is C35H28N2SSi. The maximum atomic E-state index is 4.83. The Labute approximate surface area is 233 Å². The summed E-state index contributed by atoms with van der Waals surface area (Å²) < 4.78 is 2.63. The Balaban J connectivity index is 1.17. The van der Waals surface area contributed by atoms with Gasteiger partial charge in [0.25, 0.3) is 0 Å². The third-order valence-corrected chi connectivity index (χ3v) is 10.8. The van der Waals surface area contributed by atoms with Crippen LogP contribution in [0.3, 0.4) is 0 Å². The van der Waals surface area contributed by atoms with Crippen molar-refractivity contribution in [1.82, 2.24) is 9.97 Å². The van der Waals surface area contributed by atoms with Crippen molar-refractivity contribution in [2.75, 3.05) is 0 Å². The molecule has 0 saturated carbocycles. The van der Waals surface area contributed by atoms with Crippen molar-refractivity contribution in [3.8, 4) is 33.5 Å². The number of benzene rings is 4. The molecule has 39 heavy (non-hydrogen) atoms. The second-order valence-corrected chi connectivity index (χ2v) is 17.4. The molecule has 0 unspecified atom stereocenters. The van der Waals surface area contributed by atoms with Gasteiger partial charge in [-0.05, 0) is 47.5 Å². The van der Waals surface area contributed by atoms with E-state index in [-0.39, 0.29) is 0 Å². The first-order valence-corrected chi connectivity index (χ1v) is 17.6. The van der Waals surface area contributed by atoms with Crippen LogP contribution in [-0.4, -0.2) is 18.0 Å². The lowest BCUT2D eigenvalue weighted by molar-refractivity contribution is 1.32. The van der Waals surface area contributed by atoms with E-state index in [4.69, 9.17) is 9.97 Å². The summed E-state index contributed by atoms with van der Waals surface area (Å²) in [4.78, 5) is 9.65. The molecule has 2 nitrogen and oxygen atoms in total. The van der Waals surface area contributed by atoms with E-state index in [0.717, 1.165) is 33.3 Å². The van der Waals surface area contributed by atoms with E-state index < -0.39 is 8.07 Å². The largest absolute Gasteiger partial charge is 0.256 e. The molecule has 0 bridgehead atoms. The molecule has 0 aliphatic rings. The van der Waals surface area contributed by atoms with Gasteiger partial charge in [-0.1, -0.05) is 91.6 Å². The molecule has 4 aromatic carbocycles. The van der Waals surface area contributed by atoms with E-state index in [0.29, 0.717) is 0 Å². The van der Waals surface area contributed by atoms with Gasteiger partial charge < -0.3 is 0 Å². The SMILES string of the molecule is C[Si](C)(C)c1ccc(-c2ccc3cc(-c4ccc(-c5ccc6sc7ccccc7c6c5)nc4)cnc3c2)cc1. The van der Waals surface area contributed by atoms with Crippen LogP contribution in [0.25, 0.3) is 64.6 Å². The van der Waals surface area contributed by atoms with Gasteiger partial charge in [0.2, 0.25) is 0 Å². The Morgan fingerprint density at radius 1 is 0.538 bits per heavy atom. The molecule has 3 heterocycles. The number of nitrogens with zero attached hydrogens (tertiary/aromatic N) is 2. The van der Waals surface area contributed by atoms with Gasteiger partial charge >= 0.3 is 0 Å². The summed E-state index contributed by atoms with van der Waals surface area (Å²) in [6.45, 7) is 7.15. The van der Waals surface area contributed by atoms with Crippen LogP contribution >= 0.6 is 11.3 Å². The molecule has 3 aromatic heterocycles. The first kappa shape index (κ1) is 24.0. The van der Waals surface area contributed by atoms with Crippen LogP contribution < -0.4 is 5.19 Å². The lowest BCUT2D eigenvalue weighted by Gasteiger charge is -2.16. The molecule has 0 aliphatic heterocycles. The Bertz CT molecular complexity index is 1980. The van der Waals surface area contributed by atoms with E-state index in [1.807, 2.05) is 23.7 Å². The van der Waals surface area contributed by atoms with Gasteiger partial charge in [0.05, 0.1) is 19.3 Å². The monoisotopic (exact) mass is 536 g/mol. The third-order valence-electron chi connectivity index (χ3n) is 7.54. The summed E-state index contributed by atoms with van der Waals surface area (Å²) in [5.74, 6) is 0. The Kier molecular flexibility index (Phi) is 5.69. The standard InChI is InChI=1S/C35H28N2SSi/c1-39(2,3)29-14-10-23(11-15-29)24-8-9-25-18-28(22-37-33(25)20-24)27-12-16-32(36-21-27)26-13-17-35-31(19-26)30-6-4-5-7-34(30)38-35/h4-22H,1-3H3. The second kappa shape index (κ2) is 9.26. The number of fused-ring (bicyclic) bond motifs is 4. The summed E-state index contributed by atoms with van der Waals surface area (Å²) in [6.07, 6.45) is 3.92. The summed E-state index contributed by atoms with van der Waals surface area (Å²) in [5.41, 5.74) is 7.71. The predicted molar refractivity (Wildman–Crippen MR) is 172 cm³/mol. The summed E-state index contributed by atoms with van der Waals surface area (Å²) >= 11 is 1.84. The molecule has 7 rings (SSSR count). The zero-order chi connectivity index (χ0) is 26.6. The van der Waals surface area contributed by atoms with Crippen molar-refractivity contribution in [3.63, 3.8) is 0 Å². The van der Waals surface area contributed by atoms with Crippen LogP contribution in [0.1, 0.15) is 0 Å². The average molecular weight is 537 g/mol. The van der Waals surface area contributed by atoms with Crippen molar-refractivity contribution in [1.29, 1.82) is 0 Å². The molecule has 0 spiro atoms.